The molecule has 1 heterocycles. The van der Waals surface area contributed by atoms with Gasteiger partial charge in [0.2, 0.25) is 8.24 Å². The maximum Gasteiger partial charge on any atom is 0.410 e. The standard InChI is InChI=1S/C27H39N3O3SSi/c1-26(2,3)33-25(31)30-20-13-14-22(30)19-21-34(28,32)29-35(27(4,5)6,23-15-9-7-10-16-23)24-17-11-8-12-18-24/h7-12,15-19,21-22H,13-14,20H2,1-6H3,(H2,28,29,32)/b21-19+/t22-,34?/m1/s1. The molecule has 2 atom stereocenters. The molecule has 0 aromatic heterocycles. The lowest BCUT2D eigenvalue weighted by atomic mass is 10.2. The summed E-state index contributed by atoms with van der Waals surface area (Å²) in [5.41, 5.74) is -0.582. The Bertz CT molecular complexity index is 1100. The third-order valence-corrected chi connectivity index (χ3v) is 13.9. The zero-order valence-electron chi connectivity index (χ0n) is 21.7. The van der Waals surface area contributed by atoms with Gasteiger partial charge in [-0.05, 0) is 49.0 Å². The fourth-order valence-electron chi connectivity index (χ4n) is 4.68. The van der Waals surface area contributed by atoms with E-state index in [0.29, 0.717) is 6.54 Å². The molecule has 6 nitrogen and oxygen atoms in total. The molecule has 1 fully saturated rings. The third kappa shape index (κ3) is 6.42. The molecule has 2 N–H and O–H groups in total. The Morgan fingerprint density at radius 3 is 2.00 bits per heavy atom. The van der Waals surface area contributed by atoms with Gasteiger partial charge in [0, 0.05) is 12.0 Å². The first-order valence-electron chi connectivity index (χ1n) is 12.1. The van der Waals surface area contributed by atoms with Crippen LogP contribution >= 0.6 is 0 Å². The van der Waals surface area contributed by atoms with E-state index in [1.807, 2.05) is 57.2 Å². The molecule has 1 saturated heterocycles. The smallest absolute Gasteiger partial charge is 0.410 e. The highest BCUT2D eigenvalue weighted by Crippen LogP contribution is 2.35. The molecule has 3 rings (SSSR count). The SMILES string of the molecule is CC(C)(C)OC(=O)N1CCC[C@@H]1/C=C/S(=N)(=O)N[Si](c1ccccc1)(c1ccccc1)C(C)(C)C. The molecule has 190 valence electrons. The summed E-state index contributed by atoms with van der Waals surface area (Å²) in [6, 6.07) is 19.9. The second-order valence-corrected chi connectivity index (χ2v) is 17.6. The molecule has 8 heteroatoms. The van der Waals surface area contributed by atoms with E-state index >= 15 is 0 Å². The Morgan fingerprint density at radius 1 is 1.03 bits per heavy atom. The number of hydrogen-bond donors (Lipinski definition) is 2. The van der Waals surface area contributed by atoms with E-state index in [9.17, 15) is 9.00 Å². The van der Waals surface area contributed by atoms with Crippen molar-refractivity contribution in [2.75, 3.05) is 6.54 Å². The Kier molecular flexibility index (Phi) is 7.98. The van der Waals surface area contributed by atoms with E-state index in [0.717, 1.165) is 23.2 Å². The van der Waals surface area contributed by atoms with Crippen LogP contribution in [0.1, 0.15) is 54.4 Å². The van der Waals surface area contributed by atoms with Crippen molar-refractivity contribution < 1.29 is 13.7 Å². The van der Waals surface area contributed by atoms with Crippen molar-refractivity contribution in [2.45, 2.75) is 71.1 Å². The second-order valence-electron chi connectivity index (χ2n) is 11.1. The fourth-order valence-corrected chi connectivity index (χ4v) is 12.8. The van der Waals surface area contributed by atoms with Gasteiger partial charge in [-0.15, -0.1) is 0 Å². The summed E-state index contributed by atoms with van der Waals surface area (Å²) in [6.45, 7) is 12.6. The summed E-state index contributed by atoms with van der Waals surface area (Å²) < 4.78 is 31.6. The van der Waals surface area contributed by atoms with Crippen LogP contribution in [0.5, 0.6) is 0 Å². The normalized spacial score (nSPS) is 19.0. The van der Waals surface area contributed by atoms with E-state index in [2.05, 4.69) is 49.4 Å². The monoisotopic (exact) mass is 513 g/mol. The zero-order chi connectivity index (χ0) is 25.9. The lowest BCUT2D eigenvalue weighted by molar-refractivity contribution is 0.0256. The van der Waals surface area contributed by atoms with Crippen molar-refractivity contribution in [3.8, 4) is 0 Å². The number of benzene rings is 2. The average molecular weight is 514 g/mol. The topological polar surface area (TPSA) is 82.5 Å². The number of ether oxygens (including phenoxy) is 1. The summed E-state index contributed by atoms with van der Waals surface area (Å²) >= 11 is 0. The summed E-state index contributed by atoms with van der Waals surface area (Å²) in [6.07, 6.45) is 2.97. The lowest BCUT2D eigenvalue weighted by Crippen LogP contribution is -2.74. The summed E-state index contributed by atoms with van der Waals surface area (Å²) in [5, 5.41) is 3.31. The number of amides is 1. The Labute approximate surface area is 212 Å². The van der Waals surface area contributed by atoms with Gasteiger partial charge >= 0.3 is 6.09 Å². The first-order valence-corrected chi connectivity index (χ1v) is 15.7. The molecule has 2 aromatic rings. The summed E-state index contributed by atoms with van der Waals surface area (Å²) in [4.78, 5) is 14.3. The molecular weight excluding hydrogens is 474 g/mol. The van der Waals surface area contributed by atoms with Crippen LogP contribution in [-0.4, -0.2) is 41.6 Å². The summed E-state index contributed by atoms with van der Waals surface area (Å²) in [5.74, 6) is 0. The van der Waals surface area contributed by atoms with Crippen LogP contribution < -0.4 is 14.8 Å². The molecule has 1 unspecified atom stereocenters. The highest BCUT2D eigenvalue weighted by molar-refractivity contribution is 7.95. The van der Waals surface area contributed by atoms with Crippen molar-refractivity contribution in [1.29, 1.82) is 4.78 Å². The minimum absolute atomic E-state index is 0.239. The van der Waals surface area contributed by atoms with Crippen molar-refractivity contribution in [3.05, 3.63) is 72.1 Å². The molecule has 0 spiro atoms. The van der Waals surface area contributed by atoms with E-state index in [4.69, 9.17) is 9.52 Å². The van der Waals surface area contributed by atoms with Gasteiger partial charge in [0.05, 0.1) is 6.04 Å². The second kappa shape index (κ2) is 10.3. The van der Waals surface area contributed by atoms with Gasteiger partial charge in [0.1, 0.15) is 15.5 Å². The zero-order valence-corrected chi connectivity index (χ0v) is 23.5. The summed E-state index contributed by atoms with van der Waals surface area (Å²) in [7, 11) is -6.24. The molecule has 0 bridgehead atoms. The molecular formula is C27H39N3O3SSi. The molecule has 0 aliphatic carbocycles. The molecule has 0 saturated carbocycles. The minimum Gasteiger partial charge on any atom is -0.444 e. The van der Waals surface area contributed by atoms with Gasteiger partial charge in [0.15, 0.2) is 0 Å². The number of nitrogens with zero attached hydrogens (tertiary/aromatic N) is 1. The number of likely N-dealkylation sites (tertiary alicyclic amines) is 1. The number of rotatable bonds is 6. The number of nitrogens with one attached hydrogen (secondary N) is 2. The highest BCUT2D eigenvalue weighted by Gasteiger charge is 2.50. The van der Waals surface area contributed by atoms with E-state index in [1.165, 1.54) is 5.41 Å². The van der Waals surface area contributed by atoms with Crippen LogP contribution in [0.15, 0.2) is 72.1 Å². The quantitative estimate of drug-likeness (QED) is 0.533. The van der Waals surface area contributed by atoms with Crippen LogP contribution in [0.3, 0.4) is 0 Å². The number of carbonyl (C=O) groups is 1. The van der Waals surface area contributed by atoms with Gasteiger partial charge in [-0.2, -0.15) is 0 Å². The van der Waals surface area contributed by atoms with Crippen LogP contribution in [-0.2, 0) is 14.7 Å². The van der Waals surface area contributed by atoms with Gasteiger partial charge in [-0.1, -0.05) is 87.5 Å². The molecule has 0 radical (unpaired) electrons. The third-order valence-electron chi connectivity index (χ3n) is 6.26. The van der Waals surface area contributed by atoms with Crippen LogP contribution in [0.2, 0.25) is 5.04 Å². The van der Waals surface area contributed by atoms with E-state index < -0.39 is 23.8 Å². The molecule has 35 heavy (non-hydrogen) atoms. The van der Waals surface area contributed by atoms with Gasteiger partial charge in [-0.25, -0.2) is 18.2 Å². The Morgan fingerprint density at radius 2 is 1.54 bits per heavy atom. The molecule has 1 aliphatic rings. The molecule has 2 aromatic carbocycles. The van der Waals surface area contributed by atoms with Gasteiger partial charge in [0.25, 0.3) is 0 Å². The highest BCUT2D eigenvalue weighted by atomic mass is 32.2. The minimum atomic E-state index is -3.34. The number of hydrogen-bond acceptors (Lipinski definition) is 4. The lowest BCUT2D eigenvalue weighted by Gasteiger charge is -2.44. The fraction of sp³-hybridized carbons (Fsp3) is 0.444. The van der Waals surface area contributed by atoms with E-state index in [-0.39, 0.29) is 17.2 Å². The first kappa shape index (κ1) is 27.2. The molecule has 1 aliphatic heterocycles. The number of carbonyl (C=O) groups excluding carboxylic acids is 1. The maximum absolute atomic E-state index is 13.8. The van der Waals surface area contributed by atoms with Crippen molar-refractivity contribution in [2.24, 2.45) is 0 Å². The van der Waals surface area contributed by atoms with Gasteiger partial charge in [-0.3, -0.25) is 0 Å². The Balaban J connectivity index is 1.97. The van der Waals surface area contributed by atoms with Crippen molar-refractivity contribution >= 4 is 34.6 Å². The predicted octanol–water partition coefficient (Wildman–Crippen LogP) is 5.01. The van der Waals surface area contributed by atoms with Crippen molar-refractivity contribution in [3.63, 3.8) is 0 Å². The first-order chi connectivity index (χ1) is 16.3. The molecule has 1 amide bonds. The largest absolute Gasteiger partial charge is 0.444 e. The predicted molar refractivity (Wildman–Crippen MR) is 147 cm³/mol. The van der Waals surface area contributed by atoms with Crippen LogP contribution in [0, 0.1) is 4.78 Å². The maximum atomic E-state index is 13.8. The van der Waals surface area contributed by atoms with Gasteiger partial charge < -0.3 is 9.64 Å². The van der Waals surface area contributed by atoms with Crippen molar-refractivity contribution in [1.82, 2.24) is 9.29 Å². The van der Waals surface area contributed by atoms with Crippen LogP contribution in [0.4, 0.5) is 4.79 Å². The average Bonchev–Trinajstić information content (AvgIpc) is 3.24. The van der Waals surface area contributed by atoms with E-state index in [1.54, 1.807) is 11.0 Å². The Hall–Kier alpha value is -2.42. The van der Waals surface area contributed by atoms with Crippen LogP contribution in [0.25, 0.3) is 0 Å².